The van der Waals surface area contributed by atoms with E-state index in [1.165, 1.54) is 27.3 Å². The lowest BCUT2D eigenvalue weighted by Crippen LogP contribution is -2.52. The highest BCUT2D eigenvalue weighted by atomic mass is 35.5. The number of benzene rings is 2. The first-order valence-corrected chi connectivity index (χ1v) is 13.2. The summed E-state index contributed by atoms with van der Waals surface area (Å²) in [5.41, 5.74) is -0.380. The number of halogens is 4. The highest BCUT2D eigenvalue weighted by molar-refractivity contribution is 6.30. The summed E-state index contributed by atoms with van der Waals surface area (Å²) in [4.78, 5) is 34.3. The number of rotatable bonds is 4. The number of nitrogens with zero attached hydrogens (tertiary/aromatic N) is 5. The normalized spacial score (nSPS) is 18.8. The van der Waals surface area contributed by atoms with Gasteiger partial charge in [-0.1, -0.05) is 17.7 Å². The molecule has 2 aliphatic rings. The third-order valence-electron chi connectivity index (χ3n) is 7.87. The molecule has 5 heterocycles. The summed E-state index contributed by atoms with van der Waals surface area (Å²) in [6.07, 6.45) is 4.86. The van der Waals surface area contributed by atoms with Gasteiger partial charge in [0.05, 0.1) is 23.3 Å². The zero-order chi connectivity index (χ0) is 27.7. The van der Waals surface area contributed by atoms with Crippen LogP contribution in [0.4, 0.5) is 18.9 Å². The van der Waals surface area contributed by atoms with Gasteiger partial charge in [-0.05, 0) is 54.8 Å². The Hall–Kier alpha value is -4.09. The lowest BCUT2D eigenvalue weighted by atomic mass is 10.1. The van der Waals surface area contributed by atoms with Crippen molar-refractivity contribution in [2.45, 2.75) is 31.5 Å². The molecule has 3 aromatic heterocycles. The first kappa shape index (κ1) is 24.9. The molecular formula is C28H22ClF3N6O2. The Bertz CT molecular complexity index is 1910. The zero-order valence-corrected chi connectivity index (χ0v) is 21.7. The van der Waals surface area contributed by atoms with Gasteiger partial charge in [-0.15, -0.1) is 0 Å². The van der Waals surface area contributed by atoms with E-state index in [1.54, 1.807) is 30.5 Å². The summed E-state index contributed by atoms with van der Waals surface area (Å²) in [6, 6.07) is 10.6. The largest absolute Gasteiger partial charge is 0.363 e. The van der Waals surface area contributed by atoms with Crippen LogP contribution in [0.5, 0.6) is 0 Å². The number of aromatic nitrogens is 4. The number of hydrogen-bond donors (Lipinski definition) is 1. The number of piperazine rings is 1. The predicted molar refractivity (Wildman–Crippen MR) is 145 cm³/mol. The summed E-state index contributed by atoms with van der Waals surface area (Å²) >= 11 is 5.90. The van der Waals surface area contributed by atoms with E-state index in [4.69, 9.17) is 11.6 Å². The van der Waals surface area contributed by atoms with Gasteiger partial charge in [0.2, 0.25) is 0 Å². The molecule has 2 aromatic carbocycles. The maximum atomic E-state index is 16.0. The van der Waals surface area contributed by atoms with E-state index in [-0.39, 0.29) is 40.9 Å². The van der Waals surface area contributed by atoms with Gasteiger partial charge in [0.1, 0.15) is 22.7 Å². The Morgan fingerprint density at radius 2 is 1.77 bits per heavy atom. The molecule has 7 rings (SSSR count). The standard InChI is InChI=1S/C28H22ClF3N6O2/c29-19-7-15(8-21(31)26(19)32)14-36-22-10-18(37-16-4-5-17(37)12-33-11-16)9-20(30)25(22)27(39)38(28(36)40)24-13-34-23-3-1-2-6-35(23)24/h1-3,6-10,13,16-17,33H,4-5,11-12,14H2/t16-,17+. The van der Waals surface area contributed by atoms with E-state index in [0.717, 1.165) is 36.6 Å². The Morgan fingerprint density at radius 3 is 2.52 bits per heavy atom. The molecule has 5 aromatic rings. The number of pyridine rings is 1. The van der Waals surface area contributed by atoms with Crippen LogP contribution < -0.4 is 21.5 Å². The Kier molecular flexibility index (Phi) is 5.76. The number of nitrogens with one attached hydrogen (secondary N) is 1. The van der Waals surface area contributed by atoms with Gasteiger partial charge in [0, 0.05) is 37.1 Å². The van der Waals surface area contributed by atoms with E-state index >= 15 is 4.39 Å². The molecule has 12 heteroatoms. The smallest absolute Gasteiger partial charge is 0.337 e. The molecule has 0 spiro atoms. The summed E-state index contributed by atoms with van der Waals surface area (Å²) in [6.45, 7) is 1.19. The van der Waals surface area contributed by atoms with E-state index in [0.29, 0.717) is 11.3 Å². The molecule has 1 N–H and O–H groups in total. The van der Waals surface area contributed by atoms with Gasteiger partial charge in [-0.25, -0.2) is 27.5 Å². The average molecular weight is 567 g/mol. The van der Waals surface area contributed by atoms with Gasteiger partial charge in [-0.3, -0.25) is 13.8 Å². The van der Waals surface area contributed by atoms with E-state index in [1.807, 2.05) is 0 Å². The molecule has 40 heavy (non-hydrogen) atoms. The van der Waals surface area contributed by atoms with Gasteiger partial charge in [0.15, 0.2) is 11.6 Å². The fourth-order valence-corrected chi connectivity index (χ4v) is 6.33. The summed E-state index contributed by atoms with van der Waals surface area (Å²) in [5, 5.41) is 2.63. The highest BCUT2D eigenvalue weighted by Gasteiger charge is 2.37. The van der Waals surface area contributed by atoms with Crippen LogP contribution in [0.25, 0.3) is 22.4 Å². The fourth-order valence-electron chi connectivity index (χ4n) is 6.10. The van der Waals surface area contributed by atoms with Crippen molar-refractivity contribution in [1.29, 1.82) is 0 Å². The summed E-state index contributed by atoms with van der Waals surface area (Å²) in [5.74, 6) is -3.05. The lowest BCUT2D eigenvalue weighted by molar-refractivity contribution is 0.484. The third kappa shape index (κ3) is 3.75. The molecular weight excluding hydrogens is 545 g/mol. The van der Waals surface area contributed by atoms with Crippen LogP contribution >= 0.6 is 11.6 Å². The molecule has 2 fully saturated rings. The fraction of sp³-hybridized carbons (Fsp3) is 0.250. The van der Waals surface area contributed by atoms with E-state index < -0.39 is 33.7 Å². The molecule has 0 unspecified atom stereocenters. The van der Waals surface area contributed by atoms with Crippen molar-refractivity contribution >= 4 is 33.8 Å². The van der Waals surface area contributed by atoms with Crippen LogP contribution in [0.3, 0.4) is 0 Å². The molecule has 2 saturated heterocycles. The van der Waals surface area contributed by atoms with Crippen molar-refractivity contribution in [3.05, 3.63) is 104 Å². The Balaban J connectivity index is 1.51. The summed E-state index contributed by atoms with van der Waals surface area (Å²) in [7, 11) is 0. The minimum atomic E-state index is -1.21. The number of fused-ring (bicyclic) bond motifs is 4. The molecule has 0 aliphatic carbocycles. The van der Waals surface area contributed by atoms with Crippen molar-refractivity contribution in [2.75, 3.05) is 18.0 Å². The second kappa shape index (κ2) is 9.24. The number of anilines is 1. The number of imidazole rings is 1. The van der Waals surface area contributed by atoms with E-state index in [9.17, 15) is 18.4 Å². The summed E-state index contributed by atoms with van der Waals surface area (Å²) < 4.78 is 47.8. The molecule has 0 amide bonds. The van der Waals surface area contributed by atoms with Gasteiger partial charge < -0.3 is 10.2 Å². The minimum absolute atomic E-state index is 0.0499. The van der Waals surface area contributed by atoms with Crippen molar-refractivity contribution in [1.82, 2.24) is 23.8 Å². The van der Waals surface area contributed by atoms with Crippen LogP contribution in [0, 0.1) is 17.5 Å². The van der Waals surface area contributed by atoms with Crippen molar-refractivity contribution < 1.29 is 13.2 Å². The quantitative estimate of drug-likeness (QED) is 0.334. The second-order valence-corrected chi connectivity index (χ2v) is 10.6. The minimum Gasteiger partial charge on any atom is -0.363 e. The molecule has 2 bridgehead atoms. The number of hydrogen-bond acceptors (Lipinski definition) is 5. The van der Waals surface area contributed by atoms with Crippen LogP contribution in [0.2, 0.25) is 5.02 Å². The Labute approximate surface area is 229 Å². The van der Waals surface area contributed by atoms with Crippen LogP contribution in [-0.4, -0.2) is 43.7 Å². The van der Waals surface area contributed by atoms with Gasteiger partial charge in [0.25, 0.3) is 5.56 Å². The molecule has 2 aliphatic heterocycles. The monoisotopic (exact) mass is 566 g/mol. The molecule has 8 nitrogen and oxygen atoms in total. The van der Waals surface area contributed by atoms with Crippen molar-refractivity contribution in [3.63, 3.8) is 0 Å². The van der Waals surface area contributed by atoms with Crippen LogP contribution in [-0.2, 0) is 6.54 Å². The highest BCUT2D eigenvalue weighted by Crippen LogP contribution is 2.34. The second-order valence-electron chi connectivity index (χ2n) is 10.2. The maximum Gasteiger partial charge on any atom is 0.337 e. The molecule has 204 valence electrons. The van der Waals surface area contributed by atoms with Gasteiger partial charge in [-0.2, -0.15) is 0 Å². The van der Waals surface area contributed by atoms with Gasteiger partial charge >= 0.3 is 5.69 Å². The maximum absolute atomic E-state index is 16.0. The first-order chi connectivity index (χ1) is 19.3. The topological polar surface area (TPSA) is 76.6 Å². The SMILES string of the molecule is O=c1c2c(F)cc(N3[C@@H]4CC[C@H]3CNC4)cc2n(Cc2cc(F)c(F)c(Cl)c2)c(=O)n1-c1cnc2ccccn12. The van der Waals surface area contributed by atoms with Crippen molar-refractivity contribution in [2.24, 2.45) is 0 Å². The van der Waals surface area contributed by atoms with Crippen molar-refractivity contribution in [3.8, 4) is 5.82 Å². The lowest BCUT2D eigenvalue weighted by Gasteiger charge is -2.37. The molecule has 0 radical (unpaired) electrons. The van der Waals surface area contributed by atoms with E-state index in [2.05, 4.69) is 15.2 Å². The van der Waals surface area contributed by atoms with Crippen LogP contribution in [0.15, 0.2) is 64.4 Å². The first-order valence-electron chi connectivity index (χ1n) is 12.9. The Morgan fingerprint density at radius 1 is 1.00 bits per heavy atom. The zero-order valence-electron chi connectivity index (χ0n) is 21.0. The molecule has 0 saturated carbocycles. The average Bonchev–Trinajstić information content (AvgIpc) is 3.46. The van der Waals surface area contributed by atoms with Crippen LogP contribution in [0.1, 0.15) is 18.4 Å². The molecule has 2 atom stereocenters. The predicted octanol–water partition coefficient (Wildman–Crippen LogP) is 3.86. The third-order valence-corrected chi connectivity index (χ3v) is 8.15.